The Hall–Kier alpha value is -3.86. The Balaban J connectivity index is 1.43. The molecule has 4 rings (SSSR count). The zero-order valence-corrected chi connectivity index (χ0v) is 17.6. The molecule has 31 heavy (non-hydrogen) atoms. The zero-order valence-electron chi connectivity index (χ0n) is 17.6. The Morgan fingerprint density at radius 2 is 1.61 bits per heavy atom. The molecule has 0 aliphatic carbocycles. The molecule has 1 aromatic heterocycles. The number of aromatic nitrogens is 1. The normalized spacial score (nSPS) is 10.6. The number of ether oxygens (including phenoxy) is 1. The van der Waals surface area contributed by atoms with Gasteiger partial charge in [-0.2, -0.15) is 0 Å². The van der Waals surface area contributed by atoms with Crippen molar-refractivity contribution in [2.45, 2.75) is 26.7 Å². The smallest absolute Gasteiger partial charge is 0.226 e. The zero-order chi connectivity index (χ0) is 21.6. The largest absolute Gasteiger partial charge is 0.457 e. The first kappa shape index (κ1) is 20.4. The summed E-state index contributed by atoms with van der Waals surface area (Å²) in [4.78, 5) is 16.2. The number of nitrogens with one attached hydrogen (secondary N) is 1. The van der Waals surface area contributed by atoms with Gasteiger partial charge < -0.3 is 14.5 Å². The molecule has 0 unspecified atom stereocenters. The van der Waals surface area contributed by atoms with Crippen molar-refractivity contribution in [2.24, 2.45) is 0 Å². The van der Waals surface area contributed by atoms with Gasteiger partial charge in [0.25, 0.3) is 0 Å². The van der Waals surface area contributed by atoms with Gasteiger partial charge in [0.2, 0.25) is 11.8 Å². The third-order valence-electron chi connectivity index (χ3n) is 4.90. The highest BCUT2D eigenvalue weighted by molar-refractivity contribution is 5.90. The number of carbonyl (C=O) groups is 1. The fourth-order valence-corrected chi connectivity index (χ4v) is 3.15. The molecule has 1 heterocycles. The number of oxazole rings is 1. The Kier molecular flexibility index (Phi) is 6.13. The first-order valence-electron chi connectivity index (χ1n) is 10.3. The summed E-state index contributed by atoms with van der Waals surface area (Å²) in [5.41, 5.74) is 3.66. The number of carbonyl (C=O) groups excluding carboxylic acids is 1. The maximum atomic E-state index is 11.5. The molecule has 5 heteroatoms. The summed E-state index contributed by atoms with van der Waals surface area (Å²) in [7, 11) is 0. The van der Waals surface area contributed by atoms with Crippen molar-refractivity contribution < 1.29 is 13.9 Å². The molecule has 156 valence electrons. The van der Waals surface area contributed by atoms with Crippen molar-refractivity contribution in [3.05, 3.63) is 95.9 Å². The molecule has 0 radical (unpaired) electrons. The summed E-state index contributed by atoms with van der Waals surface area (Å²) >= 11 is 0. The number of amides is 1. The van der Waals surface area contributed by atoms with Crippen LogP contribution in [0.25, 0.3) is 11.5 Å². The fourth-order valence-electron chi connectivity index (χ4n) is 3.15. The van der Waals surface area contributed by atoms with E-state index in [1.807, 2.05) is 92.7 Å². The van der Waals surface area contributed by atoms with Crippen LogP contribution >= 0.6 is 0 Å². The van der Waals surface area contributed by atoms with Crippen molar-refractivity contribution in [3.63, 3.8) is 0 Å². The summed E-state index contributed by atoms with van der Waals surface area (Å²) in [5.74, 6) is 2.96. The minimum atomic E-state index is -0.0119. The molecule has 4 aromatic rings. The second-order valence-corrected chi connectivity index (χ2v) is 7.24. The van der Waals surface area contributed by atoms with Gasteiger partial charge in [-0.25, -0.2) is 4.98 Å². The van der Waals surface area contributed by atoms with E-state index in [1.54, 1.807) is 0 Å². The van der Waals surface area contributed by atoms with Gasteiger partial charge in [-0.3, -0.25) is 4.79 Å². The lowest BCUT2D eigenvalue weighted by molar-refractivity contribution is -0.115. The number of para-hydroxylation sites is 1. The molecule has 5 nitrogen and oxygen atoms in total. The minimum absolute atomic E-state index is 0.0119. The van der Waals surface area contributed by atoms with Crippen LogP contribution in [0.2, 0.25) is 0 Å². The molecule has 1 amide bonds. The van der Waals surface area contributed by atoms with Crippen LogP contribution in [0.3, 0.4) is 0 Å². The van der Waals surface area contributed by atoms with Crippen LogP contribution in [0.1, 0.15) is 30.4 Å². The standard InChI is InChI=1S/C26H24N2O3/c1-3-25(29)27-21-13-11-20(12-14-21)26-28-24(18(2)30-26)17-19-9-15-23(16-10-19)31-22-7-5-4-6-8-22/h4-16H,3,17H2,1-2H3,(H,27,29). The third kappa shape index (κ3) is 5.20. The molecular weight excluding hydrogens is 388 g/mol. The molecule has 0 fully saturated rings. The van der Waals surface area contributed by atoms with Crippen LogP contribution < -0.4 is 10.1 Å². The highest BCUT2D eigenvalue weighted by Crippen LogP contribution is 2.26. The van der Waals surface area contributed by atoms with Crippen LogP contribution in [-0.2, 0) is 11.2 Å². The van der Waals surface area contributed by atoms with Gasteiger partial charge in [0, 0.05) is 24.1 Å². The van der Waals surface area contributed by atoms with E-state index in [0.29, 0.717) is 18.7 Å². The SMILES string of the molecule is CCC(=O)Nc1ccc(-c2nc(Cc3ccc(Oc4ccccc4)cc3)c(C)o2)cc1. The molecule has 0 saturated carbocycles. The lowest BCUT2D eigenvalue weighted by atomic mass is 10.1. The predicted molar refractivity (Wildman–Crippen MR) is 121 cm³/mol. The number of hydrogen-bond acceptors (Lipinski definition) is 4. The van der Waals surface area contributed by atoms with Crippen LogP contribution in [0.15, 0.2) is 83.3 Å². The Labute approximate surface area is 181 Å². The van der Waals surface area contributed by atoms with Crippen molar-refractivity contribution in [1.29, 1.82) is 0 Å². The topological polar surface area (TPSA) is 64.4 Å². The number of anilines is 1. The van der Waals surface area contributed by atoms with Gasteiger partial charge in [0.05, 0.1) is 5.69 Å². The quantitative estimate of drug-likeness (QED) is 0.382. The van der Waals surface area contributed by atoms with E-state index >= 15 is 0 Å². The molecule has 0 aliphatic heterocycles. The fraction of sp³-hybridized carbons (Fsp3) is 0.154. The summed E-state index contributed by atoms with van der Waals surface area (Å²) in [5, 5.41) is 2.84. The third-order valence-corrected chi connectivity index (χ3v) is 4.90. The highest BCUT2D eigenvalue weighted by atomic mass is 16.5. The number of rotatable bonds is 7. The summed E-state index contributed by atoms with van der Waals surface area (Å²) < 4.78 is 11.7. The van der Waals surface area contributed by atoms with Gasteiger partial charge in [-0.05, 0) is 61.0 Å². The average molecular weight is 412 g/mol. The number of aryl methyl sites for hydroxylation is 1. The van der Waals surface area contributed by atoms with E-state index in [4.69, 9.17) is 9.15 Å². The first-order valence-corrected chi connectivity index (χ1v) is 10.3. The van der Waals surface area contributed by atoms with E-state index in [1.165, 1.54) is 0 Å². The van der Waals surface area contributed by atoms with E-state index in [9.17, 15) is 4.79 Å². The van der Waals surface area contributed by atoms with Crippen LogP contribution in [0.4, 0.5) is 5.69 Å². The molecule has 1 N–H and O–H groups in total. The van der Waals surface area contributed by atoms with Gasteiger partial charge in [0.1, 0.15) is 17.3 Å². The van der Waals surface area contributed by atoms with Crippen molar-refractivity contribution in [2.75, 3.05) is 5.32 Å². The first-order chi connectivity index (χ1) is 15.1. The van der Waals surface area contributed by atoms with E-state index in [0.717, 1.165) is 39.8 Å². The van der Waals surface area contributed by atoms with Crippen molar-refractivity contribution in [3.8, 4) is 23.0 Å². The second kappa shape index (κ2) is 9.30. The van der Waals surface area contributed by atoms with Gasteiger partial charge in [-0.15, -0.1) is 0 Å². The Bertz CT molecular complexity index is 1150. The predicted octanol–water partition coefficient (Wildman–Crippen LogP) is 6.38. The maximum Gasteiger partial charge on any atom is 0.226 e. The summed E-state index contributed by atoms with van der Waals surface area (Å²) in [6.45, 7) is 3.75. The minimum Gasteiger partial charge on any atom is -0.457 e. The van der Waals surface area contributed by atoms with Crippen LogP contribution in [-0.4, -0.2) is 10.9 Å². The molecule has 3 aromatic carbocycles. The number of hydrogen-bond donors (Lipinski definition) is 1. The van der Waals surface area contributed by atoms with E-state index in [2.05, 4.69) is 10.3 Å². The number of nitrogens with zero attached hydrogens (tertiary/aromatic N) is 1. The Morgan fingerprint density at radius 1 is 0.935 bits per heavy atom. The highest BCUT2D eigenvalue weighted by Gasteiger charge is 2.12. The van der Waals surface area contributed by atoms with Crippen molar-refractivity contribution in [1.82, 2.24) is 4.98 Å². The van der Waals surface area contributed by atoms with Crippen molar-refractivity contribution >= 4 is 11.6 Å². The van der Waals surface area contributed by atoms with Crippen LogP contribution in [0.5, 0.6) is 11.5 Å². The monoisotopic (exact) mass is 412 g/mol. The summed E-state index contributed by atoms with van der Waals surface area (Å²) in [6, 6.07) is 25.2. The lowest BCUT2D eigenvalue weighted by Gasteiger charge is -2.06. The maximum absolute atomic E-state index is 11.5. The Morgan fingerprint density at radius 3 is 2.29 bits per heavy atom. The van der Waals surface area contributed by atoms with E-state index < -0.39 is 0 Å². The average Bonchev–Trinajstić information content (AvgIpc) is 3.16. The molecule has 0 bridgehead atoms. The molecular formula is C26H24N2O3. The molecule has 0 spiro atoms. The van der Waals surface area contributed by atoms with Gasteiger partial charge in [0.15, 0.2) is 0 Å². The lowest BCUT2D eigenvalue weighted by Crippen LogP contribution is -2.08. The van der Waals surface area contributed by atoms with E-state index in [-0.39, 0.29) is 5.91 Å². The van der Waals surface area contributed by atoms with Crippen LogP contribution in [0, 0.1) is 6.92 Å². The summed E-state index contributed by atoms with van der Waals surface area (Å²) in [6.07, 6.45) is 1.12. The number of benzene rings is 3. The second-order valence-electron chi connectivity index (χ2n) is 7.24. The van der Waals surface area contributed by atoms with Gasteiger partial charge >= 0.3 is 0 Å². The molecule has 0 saturated heterocycles. The molecule has 0 atom stereocenters. The molecule has 0 aliphatic rings. The van der Waals surface area contributed by atoms with Gasteiger partial charge in [-0.1, -0.05) is 37.3 Å².